The van der Waals surface area contributed by atoms with Crippen LogP contribution in [0.5, 0.6) is 0 Å². The van der Waals surface area contributed by atoms with Crippen molar-refractivity contribution in [2.24, 2.45) is 0 Å². The van der Waals surface area contributed by atoms with Crippen molar-refractivity contribution in [3.8, 4) is 11.3 Å². The van der Waals surface area contributed by atoms with E-state index in [0.29, 0.717) is 11.2 Å². The molecule has 0 saturated heterocycles. The zero-order valence-electron chi connectivity index (χ0n) is 14.5. The van der Waals surface area contributed by atoms with Crippen LogP contribution >= 0.6 is 0 Å². The van der Waals surface area contributed by atoms with Crippen molar-refractivity contribution < 1.29 is 4.79 Å². The summed E-state index contributed by atoms with van der Waals surface area (Å²) in [4.78, 5) is 16.8. The lowest BCUT2D eigenvalue weighted by Gasteiger charge is -2.10. The van der Waals surface area contributed by atoms with Gasteiger partial charge in [-0.1, -0.05) is 19.1 Å². The van der Waals surface area contributed by atoms with Crippen LogP contribution in [-0.4, -0.2) is 26.5 Å². The van der Waals surface area contributed by atoms with E-state index < -0.39 is 0 Å². The van der Waals surface area contributed by atoms with Crippen LogP contribution in [0.1, 0.15) is 41.8 Å². The average Bonchev–Trinajstić information content (AvgIpc) is 3.01. The van der Waals surface area contributed by atoms with Gasteiger partial charge in [0.25, 0.3) is 5.91 Å². The number of fused-ring (bicyclic) bond motifs is 1. The third kappa shape index (κ3) is 2.89. The maximum atomic E-state index is 12.4. The number of amides is 1. The third-order valence-electron chi connectivity index (χ3n) is 4.44. The van der Waals surface area contributed by atoms with E-state index in [2.05, 4.69) is 47.4 Å². The number of aromatic nitrogens is 3. The molecule has 0 radical (unpaired) electrons. The molecule has 24 heavy (non-hydrogen) atoms. The number of rotatable bonds is 4. The number of aryl methyl sites for hydroxylation is 2. The van der Waals surface area contributed by atoms with Crippen molar-refractivity contribution in [2.45, 2.75) is 40.2 Å². The zero-order valence-corrected chi connectivity index (χ0v) is 14.5. The molecule has 1 amide bonds. The Balaban J connectivity index is 2.06. The normalized spacial score (nSPS) is 12.3. The van der Waals surface area contributed by atoms with Gasteiger partial charge in [-0.15, -0.1) is 0 Å². The zero-order chi connectivity index (χ0) is 17.3. The number of carbonyl (C=O) groups excluding carboxylic acids is 1. The van der Waals surface area contributed by atoms with Crippen LogP contribution in [0.2, 0.25) is 0 Å². The second kappa shape index (κ2) is 6.43. The Morgan fingerprint density at radius 3 is 2.75 bits per heavy atom. The molecular formula is C19H22N4O. The number of hydrogen-bond donors (Lipinski definition) is 1. The van der Waals surface area contributed by atoms with Crippen molar-refractivity contribution in [3.05, 3.63) is 53.3 Å². The van der Waals surface area contributed by atoms with E-state index in [4.69, 9.17) is 0 Å². The van der Waals surface area contributed by atoms with Crippen molar-refractivity contribution in [3.63, 3.8) is 0 Å². The summed E-state index contributed by atoms with van der Waals surface area (Å²) in [5, 5.41) is 7.36. The second-order valence-corrected chi connectivity index (χ2v) is 6.21. The Kier molecular flexibility index (Phi) is 4.34. The molecule has 0 fully saturated rings. The first-order valence-electron chi connectivity index (χ1n) is 8.22. The Labute approximate surface area is 141 Å². The van der Waals surface area contributed by atoms with Gasteiger partial charge >= 0.3 is 0 Å². The van der Waals surface area contributed by atoms with E-state index in [1.54, 1.807) is 16.9 Å². The van der Waals surface area contributed by atoms with E-state index in [1.165, 1.54) is 11.1 Å². The van der Waals surface area contributed by atoms with E-state index in [9.17, 15) is 4.79 Å². The lowest BCUT2D eigenvalue weighted by molar-refractivity contribution is 0.0940. The van der Waals surface area contributed by atoms with Gasteiger partial charge in [0.2, 0.25) is 0 Å². The fraction of sp³-hybridized carbons (Fsp3) is 0.316. The van der Waals surface area contributed by atoms with Crippen LogP contribution in [0.4, 0.5) is 0 Å². The van der Waals surface area contributed by atoms with E-state index in [-0.39, 0.29) is 11.9 Å². The Hall–Kier alpha value is -2.69. The summed E-state index contributed by atoms with van der Waals surface area (Å²) in [5.41, 5.74) is 5.53. The largest absolute Gasteiger partial charge is 0.349 e. The average molecular weight is 322 g/mol. The standard InChI is InChI=1S/C19H22N4O/c1-5-14(4)22-19(24)16-11-21-23-17(8-9-20-18(16)23)15-7-6-12(2)13(3)10-15/h6-11,14H,5H2,1-4H3,(H,22,24)/t14-/m0/s1. The minimum absolute atomic E-state index is 0.121. The predicted octanol–water partition coefficient (Wildman–Crippen LogP) is 3.54. The number of nitrogens with zero attached hydrogens (tertiary/aromatic N) is 3. The molecule has 3 aromatic rings. The molecule has 1 atom stereocenters. The SMILES string of the molecule is CC[C@H](C)NC(=O)c1cnn2c(-c3ccc(C)c(C)c3)ccnc12. The monoisotopic (exact) mass is 322 g/mol. The van der Waals surface area contributed by atoms with E-state index >= 15 is 0 Å². The highest BCUT2D eigenvalue weighted by Crippen LogP contribution is 2.23. The van der Waals surface area contributed by atoms with Crippen molar-refractivity contribution in [1.29, 1.82) is 0 Å². The smallest absolute Gasteiger partial charge is 0.256 e. The van der Waals surface area contributed by atoms with Crippen LogP contribution in [0.15, 0.2) is 36.7 Å². The Morgan fingerprint density at radius 2 is 2.04 bits per heavy atom. The molecule has 5 heteroatoms. The van der Waals surface area contributed by atoms with Crippen LogP contribution in [-0.2, 0) is 0 Å². The molecule has 0 aliphatic carbocycles. The summed E-state index contributed by atoms with van der Waals surface area (Å²) in [7, 11) is 0. The first kappa shape index (κ1) is 16.2. The molecule has 2 heterocycles. The highest BCUT2D eigenvalue weighted by Gasteiger charge is 2.17. The maximum Gasteiger partial charge on any atom is 0.256 e. The fourth-order valence-electron chi connectivity index (χ4n) is 2.57. The van der Waals surface area contributed by atoms with Crippen LogP contribution in [0, 0.1) is 13.8 Å². The summed E-state index contributed by atoms with van der Waals surface area (Å²) in [6.45, 7) is 8.20. The second-order valence-electron chi connectivity index (χ2n) is 6.21. The quantitative estimate of drug-likeness (QED) is 0.799. The Morgan fingerprint density at radius 1 is 1.25 bits per heavy atom. The molecule has 0 unspecified atom stereocenters. The molecule has 0 bridgehead atoms. The number of benzene rings is 1. The minimum Gasteiger partial charge on any atom is -0.349 e. The number of nitrogens with one attached hydrogen (secondary N) is 1. The van der Waals surface area contributed by atoms with Gasteiger partial charge in [0.15, 0.2) is 5.65 Å². The molecule has 124 valence electrons. The topological polar surface area (TPSA) is 59.3 Å². The lowest BCUT2D eigenvalue weighted by atomic mass is 10.0. The molecule has 1 aromatic carbocycles. The summed E-state index contributed by atoms with van der Waals surface area (Å²) in [6, 6.07) is 8.33. The van der Waals surface area contributed by atoms with Gasteiger partial charge in [-0.3, -0.25) is 4.79 Å². The van der Waals surface area contributed by atoms with Crippen molar-refractivity contribution in [1.82, 2.24) is 19.9 Å². The van der Waals surface area contributed by atoms with E-state index in [0.717, 1.165) is 17.7 Å². The summed E-state index contributed by atoms with van der Waals surface area (Å²) in [6.07, 6.45) is 4.19. The minimum atomic E-state index is -0.135. The van der Waals surface area contributed by atoms with Crippen LogP contribution < -0.4 is 5.32 Å². The molecule has 1 N–H and O–H groups in total. The van der Waals surface area contributed by atoms with Gasteiger partial charge in [-0.25, -0.2) is 9.50 Å². The van der Waals surface area contributed by atoms with Crippen LogP contribution in [0.25, 0.3) is 16.9 Å². The summed E-state index contributed by atoms with van der Waals surface area (Å²) < 4.78 is 1.73. The molecule has 2 aromatic heterocycles. The first-order valence-corrected chi connectivity index (χ1v) is 8.22. The van der Waals surface area contributed by atoms with Crippen molar-refractivity contribution >= 4 is 11.6 Å². The summed E-state index contributed by atoms with van der Waals surface area (Å²) >= 11 is 0. The van der Waals surface area contributed by atoms with Gasteiger partial charge in [0, 0.05) is 17.8 Å². The number of hydrogen-bond acceptors (Lipinski definition) is 3. The van der Waals surface area contributed by atoms with Gasteiger partial charge in [-0.2, -0.15) is 5.10 Å². The molecule has 0 aliphatic heterocycles. The van der Waals surface area contributed by atoms with Crippen molar-refractivity contribution in [2.75, 3.05) is 0 Å². The lowest BCUT2D eigenvalue weighted by Crippen LogP contribution is -2.31. The molecule has 3 rings (SSSR count). The van der Waals surface area contributed by atoms with Gasteiger partial charge in [0.05, 0.1) is 11.9 Å². The highest BCUT2D eigenvalue weighted by molar-refractivity contribution is 6.00. The van der Waals surface area contributed by atoms with E-state index in [1.807, 2.05) is 19.9 Å². The third-order valence-corrected chi connectivity index (χ3v) is 4.44. The molecule has 0 spiro atoms. The fourth-order valence-corrected chi connectivity index (χ4v) is 2.57. The molecule has 0 aliphatic rings. The highest BCUT2D eigenvalue weighted by atomic mass is 16.1. The summed E-state index contributed by atoms with van der Waals surface area (Å²) in [5.74, 6) is -0.135. The van der Waals surface area contributed by atoms with Gasteiger partial charge in [-0.05, 0) is 50.5 Å². The van der Waals surface area contributed by atoms with Gasteiger partial charge < -0.3 is 5.32 Å². The Bertz CT molecular complexity index is 898. The molecule has 5 nitrogen and oxygen atoms in total. The van der Waals surface area contributed by atoms with Gasteiger partial charge in [0.1, 0.15) is 5.56 Å². The number of carbonyl (C=O) groups is 1. The molecular weight excluding hydrogens is 300 g/mol. The predicted molar refractivity (Wildman–Crippen MR) is 95.1 cm³/mol. The van der Waals surface area contributed by atoms with Crippen LogP contribution in [0.3, 0.4) is 0 Å². The molecule has 0 saturated carbocycles. The first-order chi connectivity index (χ1) is 11.5. The maximum absolute atomic E-state index is 12.4.